The molecule has 2 atom stereocenters. The van der Waals surface area contributed by atoms with Gasteiger partial charge in [0.2, 0.25) is 0 Å². The highest BCUT2D eigenvalue weighted by molar-refractivity contribution is 4.85. The van der Waals surface area contributed by atoms with Gasteiger partial charge >= 0.3 is 17.1 Å². The molecule has 8 nitrogen and oxygen atoms in total. The van der Waals surface area contributed by atoms with Gasteiger partial charge in [-0.15, -0.1) is 0 Å². The van der Waals surface area contributed by atoms with E-state index < -0.39 is 17.1 Å². The lowest BCUT2D eigenvalue weighted by Gasteiger charge is -2.15. The van der Waals surface area contributed by atoms with Crippen LogP contribution in [0.25, 0.3) is 0 Å². The van der Waals surface area contributed by atoms with Gasteiger partial charge in [-0.3, -0.25) is 0 Å². The van der Waals surface area contributed by atoms with Crippen LogP contribution in [-0.2, 0) is 22.6 Å². The van der Waals surface area contributed by atoms with Crippen LogP contribution in [0.4, 0.5) is 0 Å². The minimum Gasteiger partial charge on any atom is -0.371 e. The fraction of sp³-hybridized carbons (Fsp3) is 0.750. The molecule has 2 saturated heterocycles. The third kappa shape index (κ3) is 2.36. The van der Waals surface area contributed by atoms with Crippen molar-refractivity contribution in [2.24, 2.45) is 0 Å². The highest BCUT2D eigenvalue weighted by Crippen LogP contribution is 2.11. The Morgan fingerprint density at radius 1 is 0.950 bits per heavy atom. The van der Waals surface area contributed by atoms with Crippen LogP contribution >= 0.6 is 0 Å². The SMILES string of the molecule is CC(C)n1c(=O)n(CC2CO2)c(=O)n(CC2CO2)c1=O. The summed E-state index contributed by atoms with van der Waals surface area (Å²) in [5.41, 5.74) is -1.72. The van der Waals surface area contributed by atoms with Crippen molar-refractivity contribution in [3.8, 4) is 0 Å². The van der Waals surface area contributed by atoms with Gasteiger partial charge in [0.15, 0.2) is 0 Å². The van der Waals surface area contributed by atoms with Crippen LogP contribution in [0.1, 0.15) is 19.9 Å². The van der Waals surface area contributed by atoms with Crippen LogP contribution in [0.3, 0.4) is 0 Å². The minimum absolute atomic E-state index is 0.107. The lowest BCUT2D eigenvalue weighted by Crippen LogP contribution is -2.55. The second-order valence-corrected chi connectivity index (χ2v) is 5.44. The van der Waals surface area contributed by atoms with E-state index in [9.17, 15) is 14.4 Å². The molecule has 0 radical (unpaired) electrons. The average Bonchev–Trinajstić information content (AvgIpc) is 3.24. The number of hydrogen-bond donors (Lipinski definition) is 0. The van der Waals surface area contributed by atoms with Crippen LogP contribution in [0.2, 0.25) is 0 Å². The summed E-state index contributed by atoms with van der Waals surface area (Å²) in [6.07, 6.45) is -0.215. The highest BCUT2D eigenvalue weighted by Gasteiger charge is 2.29. The van der Waals surface area contributed by atoms with Gasteiger partial charge in [-0.25, -0.2) is 28.1 Å². The minimum atomic E-state index is -0.581. The summed E-state index contributed by atoms with van der Waals surface area (Å²) < 4.78 is 13.4. The molecule has 2 aliphatic rings. The van der Waals surface area contributed by atoms with Gasteiger partial charge in [-0.1, -0.05) is 0 Å². The Balaban J connectivity index is 2.16. The molecule has 0 aromatic carbocycles. The van der Waals surface area contributed by atoms with Gasteiger partial charge in [0, 0.05) is 6.04 Å². The number of nitrogens with zero attached hydrogens (tertiary/aromatic N) is 3. The first kappa shape index (κ1) is 13.3. The van der Waals surface area contributed by atoms with E-state index in [-0.39, 0.29) is 31.3 Å². The van der Waals surface area contributed by atoms with Crippen molar-refractivity contribution in [1.82, 2.24) is 13.7 Å². The first-order valence-electron chi connectivity index (χ1n) is 6.68. The lowest BCUT2D eigenvalue weighted by atomic mass is 10.4. The van der Waals surface area contributed by atoms with Crippen molar-refractivity contribution >= 4 is 0 Å². The summed E-state index contributed by atoms with van der Waals surface area (Å²) in [6, 6.07) is -0.312. The maximum Gasteiger partial charge on any atom is 0.336 e. The van der Waals surface area contributed by atoms with Crippen molar-refractivity contribution in [1.29, 1.82) is 0 Å². The Bertz CT molecular complexity index is 638. The molecule has 110 valence electrons. The van der Waals surface area contributed by atoms with Gasteiger partial charge in [0.25, 0.3) is 0 Å². The summed E-state index contributed by atoms with van der Waals surface area (Å²) in [4.78, 5) is 36.9. The number of rotatable bonds is 5. The maximum absolute atomic E-state index is 12.3. The number of aromatic nitrogens is 3. The van der Waals surface area contributed by atoms with Crippen molar-refractivity contribution in [2.45, 2.75) is 45.2 Å². The Morgan fingerprint density at radius 3 is 1.65 bits per heavy atom. The Hall–Kier alpha value is -1.67. The second kappa shape index (κ2) is 4.71. The molecule has 2 unspecified atom stereocenters. The van der Waals surface area contributed by atoms with E-state index >= 15 is 0 Å². The molecule has 0 amide bonds. The summed E-state index contributed by atoms with van der Waals surface area (Å²) in [6.45, 7) is 4.94. The van der Waals surface area contributed by atoms with Crippen LogP contribution in [0, 0.1) is 0 Å². The van der Waals surface area contributed by atoms with Crippen LogP contribution in [-0.4, -0.2) is 39.1 Å². The Labute approximate surface area is 114 Å². The van der Waals surface area contributed by atoms with Gasteiger partial charge in [-0.05, 0) is 13.8 Å². The fourth-order valence-corrected chi connectivity index (χ4v) is 2.16. The molecule has 0 aliphatic carbocycles. The molecule has 3 rings (SSSR count). The predicted octanol–water partition coefficient (Wildman–Crippen LogP) is -1.45. The van der Waals surface area contributed by atoms with E-state index in [4.69, 9.17) is 9.47 Å². The quantitative estimate of drug-likeness (QED) is 0.617. The molecule has 2 fully saturated rings. The zero-order chi connectivity index (χ0) is 14.4. The fourth-order valence-electron chi connectivity index (χ4n) is 2.16. The van der Waals surface area contributed by atoms with Crippen molar-refractivity contribution in [3.63, 3.8) is 0 Å². The molecule has 0 spiro atoms. The van der Waals surface area contributed by atoms with Gasteiger partial charge in [0.1, 0.15) is 0 Å². The smallest absolute Gasteiger partial charge is 0.336 e. The molecule has 2 aliphatic heterocycles. The van der Waals surface area contributed by atoms with Gasteiger partial charge in [-0.2, -0.15) is 0 Å². The summed E-state index contributed by atoms with van der Waals surface area (Å²) in [5.74, 6) is 0. The molecular weight excluding hydrogens is 266 g/mol. The highest BCUT2D eigenvalue weighted by atomic mass is 16.6. The van der Waals surface area contributed by atoms with Crippen molar-refractivity contribution < 1.29 is 9.47 Å². The first-order chi connectivity index (χ1) is 9.49. The van der Waals surface area contributed by atoms with Crippen molar-refractivity contribution in [2.75, 3.05) is 13.2 Å². The van der Waals surface area contributed by atoms with Crippen LogP contribution in [0.5, 0.6) is 0 Å². The van der Waals surface area contributed by atoms with Crippen LogP contribution < -0.4 is 17.1 Å². The Kier molecular flexibility index (Phi) is 3.14. The Morgan fingerprint density at radius 2 is 1.35 bits per heavy atom. The molecule has 3 heterocycles. The molecule has 8 heteroatoms. The summed E-state index contributed by atoms with van der Waals surface area (Å²) in [5, 5.41) is 0. The zero-order valence-electron chi connectivity index (χ0n) is 11.4. The molecule has 1 aromatic rings. The molecule has 1 aromatic heterocycles. The first-order valence-corrected chi connectivity index (χ1v) is 6.68. The largest absolute Gasteiger partial charge is 0.371 e. The predicted molar refractivity (Wildman–Crippen MR) is 69.1 cm³/mol. The zero-order valence-corrected chi connectivity index (χ0v) is 11.4. The summed E-state index contributed by atoms with van der Waals surface area (Å²) >= 11 is 0. The second-order valence-electron chi connectivity index (χ2n) is 5.44. The average molecular weight is 283 g/mol. The molecule has 20 heavy (non-hydrogen) atoms. The molecule has 0 N–H and O–H groups in total. The van der Waals surface area contributed by atoms with E-state index in [2.05, 4.69) is 0 Å². The molecular formula is C12H17N3O5. The van der Waals surface area contributed by atoms with E-state index in [0.717, 1.165) is 13.7 Å². The number of ether oxygens (including phenoxy) is 2. The maximum atomic E-state index is 12.3. The standard InChI is InChI=1S/C12H17N3O5/c1-7(2)15-11(17)13(3-8-5-19-8)10(16)14(12(15)18)4-9-6-20-9/h7-9H,3-6H2,1-2H3. The van der Waals surface area contributed by atoms with Gasteiger partial charge in [0.05, 0.1) is 38.5 Å². The van der Waals surface area contributed by atoms with Crippen molar-refractivity contribution in [3.05, 3.63) is 31.5 Å². The monoisotopic (exact) mass is 283 g/mol. The molecule has 0 saturated carbocycles. The normalized spacial score (nSPS) is 24.1. The van der Waals surface area contributed by atoms with E-state index in [1.54, 1.807) is 13.8 Å². The lowest BCUT2D eigenvalue weighted by molar-refractivity contribution is 0.334. The summed E-state index contributed by atoms with van der Waals surface area (Å²) in [7, 11) is 0. The van der Waals surface area contributed by atoms with E-state index in [0.29, 0.717) is 13.2 Å². The third-order valence-corrected chi connectivity index (χ3v) is 3.43. The topological polar surface area (TPSA) is 91.1 Å². The van der Waals surface area contributed by atoms with Crippen LogP contribution in [0.15, 0.2) is 14.4 Å². The van der Waals surface area contributed by atoms with E-state index in [1.807, 2.05) is 0 Å². The molecule has 0 bridgehead atoms. The van der Waals surface area contributed by atoms with Gasteiger partial charge < -0.3 is 9.47 Å². The third-order valence-electron chi connectivity index (χ3n) is 3.43. The number of hydrogen-bond acceptors (Lipinski definition) is 5. The number of epoxide rings is 2. The van der Waals surface area contributed by atoms with E-state index in [1.165, 1.54) is 0 Å².